The van der Waals surface area contributed by atoms with Gasteiger partial charge in [-0.1, -0.05) is 66.7 Å². The second-order valence-electron chi connectivity index (χ2n) is 13.9. The lowest BCUT2D eigenvalue weighted by atomic mass is 9.98. The highest BCUT2D eigenvalue weighted by Gasteiger charge is 2.30. The zero-order valence-corrected chi connectivity index (χ0v) is 34.2. The van der Waals surface area contributed by atoms with E-state index in [1.54, 1.807) is 7.05 Å². The lowest BCUT2D eigenvalue weighted by molar-refractivity contribution is -0.138. The SMILES string of the molecule is CN(Cc1cc2ccccc2n1CCC(=O)NCCOCCOCCOCCOCCOCCOCCC(=O)O)N(C)C(=O)OCC1c2ccccc2-c2ccccc21. The molecule has 0 bridgehead atoms. The molecule has 320 valence electrons. The Morgan fingerprint density at radius 1 is 0.661 bits per heavy atom. The zero-order chi connectivity index (χ0) is 41.7. The van der Waals surface area contributed by atoms with E-state index in [9.17, 15) is 14.4 Å². The molecule has 3 aromatic carbocycles. The predicted octanol–water partition coefficient (Wildman–Crippen LogP) is 4.95. The third kappa shape index (κ3) is 14.4. The van der Waals surface area contributed by atoms with Crippen LogP contribution >= 0.6 is 0 Å². The molecule has 5 rings (SSSR count). The molecule has 59 heavy (non-hydrogen) atoms. The number of aliphatic carboxylic acids is 1. The molecule has 0 radical (unpaired) electrons. The first kappa shape index (κ1) is 45.2. The molecule has 0 atom stereocenters. The highest BCUT2D eigenvalue weighted by Crippen LogP contribution is 2.44. The Bertz CT molecular complexity index is 1860. The van der Waals surface area contributed by atoms with Crippen molar-refractivity contribution in [2.75, 3.05) is 107 Å². The number of carbonyl (C=O) groups excluding carboxylic acids is 2. The molecule has 15 heteroatoms. The largest absolute Gasteiger partial charge is 0.481 e. The summed E-state index contributed by atoms with van der Waals surface area (Å²) in [6.45, 7) is 6.26. The predicted molar refractivity (Wildman–Crippen MR) is 221 cm³/mol. The van der Waals surface area contributed by atoms with Crippen LogP contribution < -0.4 is 5.32 Å². The molecular formula is C44H58N4O11. The van der Waals surface area contributed by atoms with E-state index in [4.69, 9.17) is 38.3 Å². The fourth-order valence-electron chi connectivity index (χ4n) is 6.76. The molecule has 0 aliphatic heterocycles. The summed E-state index contributed by atoms with van der Waals surface area (Å²) < 4.78 is 40.6. The Morgan fingerprint density at radius 2 is 1.17 bits per heavy atom. The van der Waals surface area contributed by atoms with E-state index < -0.39 is 12.1 Å². The topological polar surface area (TPSA) is 159 Å². The van der Waals surface area contributed by atoms with E-state index in [1.165, 1.54) is 27.3 Å². The number of nitrogens with one attached hydrogen (secondary N) is 1. The molecule has 0 saturated heterocycles. The maximum absolute atomic E-state index is 13.3. The maximum atomic E-state index is 13.3. The normalized spacial score (nSPS) is 12.2. The Morgan fingerprint density at radius 3 is 1.75 bits per heavy atom. The van der Waals surface area contributed by atoms with Crippen molar-refractivity contribution in [1.29, 1.82) is 0 Å². The third-order valence-corrected chi connectivity index (χ3v) is 9.85. The van der Waals surface area contributed by atoms with Crippen LogP contribution in [0.5, 0.6) is 0 Å². The molecule has 4 aromatic rings. The number of hydrazine groups is 1. The third-order valence-electron chi connectivity index (χ3n) is 9.85. The fourth-order valence-corrected chi connectivity index (χ4v) is 6.76. The van der Waals surface area contributed by atoms with E-state index in [1.807, 2.05) is 60.6 Å². The van der Waals surface area contributed by atoms with E-state index in [0.29, 0.717) is 92.3 Å². The minimum absolute atomic E-state index is 0.0158. The van der Waals surface area contributed by atoms with Crippen molar-refractivity contribution in [3.05, 3.63) is 95.7 Å². The van der Waals surface area contributed by atoms with Gasteiger partial charge in [-0.3, -0.25) is 9.59 Å². The van der Waals surface area contributed by atoms with Crippen LogP contribution in [-0.2, 0) is 55.8 Å². The van der Waals surface area contributed by atoms with E-state index in [2.05, 4.69) is 40.2 Å². The van der Waals surface area contributed by atoms with Crippen molar-refractivity contribution in [2.45, 2.75) is 31.8 Å². The number of benzene rings is 3. The van der Waals surface area contributed by atoms with Gasteiger partial charge in [-0.15, -0.1) is 0 Å². The van der Waals surface area contributed by atoms with Crippen LogP contribution in [0.3, 0.4) is 0 Å². The first-order valence-corrected chi connectivity index (χ1v) is 20.1. The monoisotopic (exact) mass is 818 g/mol. The van der Waals surface area contributed by atoms with Gasteiger partial charge in [0.25, 0.3) is 0 Å². The van der Waals surface area contributed by atoms with Crippen LogP contribution in [0.4, 0.5) is 4.79 Å². The van der Waals surface area contributed by atoms with Crippen molar-refractivity contribution in [3.8, 4) is 11.1 Å². The summed E-state index contributed by atoms with van der Waals surface area (Å²) in [7, 11) is 3.56. The van der Waals surface area contributed by atoms with Crippen LogP contribution in [0.15, 0.2) is 78.9 Å². The molecule has 1 aliphatic carbocycles. The highest BCUT2D eigenvalue weighted by atomic mass is 16.6. The van der Waals surface area contributed by atoms with E-state index >= 15 is 0 Å². The summed E-state index contributed by atoms with van der Waals surface area (Å²) in [4.78, 5) is 36.5. The van der Waals surface area contributed by atoms with Gasteiger partial charge < -0.3 is 48.1 Å². The lowest BCUT2D eigenvalue weighted by Crippen LogP contribution is -2.41. The van der Waals surface area contributed by atoms with E-state index in [0.717, 1.165) is 16.6 Å². The van der Waals surface area contributed by atoms with Gasteiger partial charge in [0.1, 0.15) is 6.61 Å². The van der Waals surface area contributed by atoms with Crippen LogP contribution in [0.1, 0.15) is 35.6 Å². The summed E-state index contributed by atoms with van der Waals surface area (Å²) in [5.74, 6) is -0.984. The van der Waals surface area contributed by atoms with Crippen molar-refractivity contribution < 1.29 is 52.6 Å². The minimum atomic E-state index is -0.884. The average molecular weight is 819 g/mol. The zero-order valence-electron chi connectivity index (χ0n) is 34.2. The molecule has 0 unspecified atom stereocenters. The Kier molecular flexibility index (Phi) is 19.1. The number of aryl methyl sites for hydroxylation is 1. The molecule has 0 spiro atoms. The minimum Gasteiger partial charge on any atom is -0.481 e. The second-order valence-corrected chi connectivity index (χ2v) is 13.9. The van der Waals surface area contributed by atoms with Gasteiger partial charge in [-0.05, 0) is 39.8 Å². The first-order valence-electron chi connectivity index (χ1n) is 20.1. The van der Waals surface area contributed by atoms with Gasteiger partial charge in [0.05, 0.1) is 92.2 Å². The number of ether oxygens (including phenoxy) is 7. The molecule has 1 aromatic heterocycles. The lowest BCUT2D eigenvalue weighted by Gasteiger charge is -2.28. The number of hydrogen-bond acceptors (Lipinski definition) is 11. The average Bonchev–Trinajstić information content (AvgIpc) is 3.76. The van der Waals surface area contributed by atoms with Gasteiger partial charge in [0.2, 0.25) is 5.91 Å². The summed E-state index contributed by atoms with van der Waals surface area (Å²) >= 11 is 0. The van der Waals surface area contributed by atoms with Gasteiger partial charge in [-0.25, -0.2) is 14.8 Å². The van der Waals surface area contributed by atoms with Gasteiger partial charge in [0, 0.05) is 50.7 Å². The van der Waals surface area contributed by atoms with Crippen LogP contribution in [0.2, 0.25) is 0 Å². The van der Waals surface area contributed by atoms with Crippen molar-refractivity contribution in [2.24, 2.45) is 0 Å². The maximum Gasteiger partial charge on any atom is 0.424 e. The Hall–Kier alpha value is -4.87. The molecular weight excluding hydrogens is 761 g/mol. The van der Waals surface area contributed by atoms with Gasteiger partial charge in [0.15, 0.2) is 0 Å². The van der Waals surface area contributed by atoms with Crippen LogP contribution in [0.25, 0.3) is 22.0 Å². The molecule has 2 amide bonds. The summed E-state index contributed by atoms with van der Waals surface area (Å²) in [6, 6.07) is 26.7. The van der Waals surface area contributed by atoms with E-state index in [-0.39, 0.29) is 37.9 Å². The van der Waals surface area contributed by atoms with Crippen LogP contribution in [-0.4, -0.2) is 144 Å². The number of nitrogens with zero attached hydrogens (tertiary/aromatic N) is 3. The highest BCUT2D eigenvalue weighted by molar-refractivity contribution is 5.82. The number of hydrogen-bond donors (Lipinski definition) is 2. The Labute approximate surface area is 346 Å². The van der Waals surface area contributed by atoms with Crippen molar-refractivity contribution in [3.63, 3.8) is 0 Å². The van der Waals surface area contributed by atoms with Crippen molar-refractivity contribution >= 4 is 28.9 Å². The number of carboxylic acids is 1. The number of para-hydroxylation sites is 1. The summed E-state index contributed by atoms with van der Waals surface area (Å²) in [5.41, 5.74) is 6.69. The number of carboxylic acid groups (broad SMARTS) is 1. The van der Waals surface area contributed by atoms with Gasteiger partial charge in [-0.2, -0.15) is 0 Å². The van der Waals surface area contributed by atoms with Gasteiger partial charge >= 0.3 is 12.1 Å². The second kappa shape index (κ2) is 24.9. The molecule has 1 heterocycles. The quantitative estimate of drug-likeness (QED) is 0.0562. The molecule has 0 saturated carbocycles. The fraction of sp³-hybridized carbons (Fsp3) is 0.477. The number of aromatic nitrogens is 1. The molecule has 15 nitrogen and oxygen atoms in total. The number of rotatable bonds is 29. The first-order chi connectivity index (χ1) is 28.8. The van der Waals surface area contributed by atoms with Crippen molar-refractivity contribution in [1.82, 2.24) is 19.9 Å². The number of amides is 2. The summed E-state index contributed by atoms with van der Waals surface area (Å²) in [5, 5.41) is 15.9. The number of fused-ring (bicyclic) bond motifs is 4. The van der Waals surface area contributed by atoms with Crippen LogP contribution in [0, 0.1) is 0 Å². The smallest absolute Gasteiger partial charge is 0.424 e. The summed E-state index contributed by atoms with van der Waals surface area (Å²) in [6.07, 6.45) is -0.168. The Balaban J connectivity index is 0.916. The standard InChI is InChI=1S/C44H58N4O11/c1-46(47(2)44(52)59-33-40-38-12-6-4-10-36(38)37-11-5-7-13-39(37)40)32-35-31-34-9-3-8-14-41(34)48(35)18-15-42(49)45-17-20-54-22-24-56-26-28-58-30-29-57-27-25-55-23-21-53-19-16-43(50)51/h3-14,31,40H,15-30,32-33H2,1-2H3,(H,45,49)(H,50,51). The molecule has 1 aliphatic rings. The number of carbonyl (C=O) groups is 3. The molecule has 2 N–H and O–H groups in total. The molecule has 0 fully saturated rings.